The summed E-state index contributed by atoms with van der Waals surface area (Å²) >= 11 is 0. The van der Waals surface area contributed by atoms with Gasteiger partial charge in [-0.1, -0.05) is 31.0 Å². The molecule has 1 aliphatic carbocycles. The molecule has 0 bridgehead atoms. The van der Waals surface area contributed by atoms with E-state index in [0.717, 1.165) is 29.8 Å². The maximum Gasteiger partial charge on any atom is 0.337 e. The Hall–Kier alpha value is -3.15. The van der Waals surface area contributed by atoms with Gasteiger partial charge in [-0.15, -0.1) is 0 Å². The second-order valence-electron chi connectivity index (χ2n) is 8.28. The van der Waals surface area contributed by atoms with Gasteiger partial charge in [0.2, 0.25) is 0 Å². The van der Waals surface area contributed by atoms with E-state index >= 15 is 0 Å². The van der Waals surface area contributed by atoms with Crippen LogP contribution in [-0.4, -0.2) is 20.6 Å². The second-order valence-corrected chi connectivity index (χ2v) is 8.28. The van der Waals surface area contributed by atoms with Crippen molar-refractivity contribution >= 4 is 22.6 Å². The number of aryl methyl sites for hydroxylation is 1. The Morgan fingerprint density at radius 1 is 1.23 bits per heavy atom. The molecule has 0 aliphatic heterocycles. The van der Waals surface area contributed by atoms with Crippen LogP contribution in [0.15, 0.2) is 41.2 Å². The average Bonchev–Trinajstić information content (AvgIpc) is 3.25. The molecule has 4 rings (SSSR count). The van der Waals surface area contributed by atoms with E-state index in [-0.39, 0.29) is 17.2 Å². The van der Waals surface area contributed by atoms with Crippen molar-refractivity contribution in [1.29, 1.82) is 0 Å². The topological polar surface area (TPSA) is 84.2 Å². The van der Waals surface area contributed by atoms with Gasteiger partial charge >= 0.3 is 5.97 Å². The summed E-state index contributed by atoms with van der Waals surface area (Å²) in [6, 6.07) is 10.6. The molecule has 1 aromatic heterocycles. The molecule has 6 nitrogen and oxygen atoms in total. The summed E-state index contributed by atoms with van der Waals surface area (Å²) in [5.74, 6) is 0.195. The number of carboxylic acid groups (broad SMARTS) is 1. The molecule has 0 saturated heterocycles. The molecule has 30 heavy (non-hydrogen) atoms. The van der Waals surface area contributed by atoms with Crippen molar-refractivity contribution in [2.45, 2.75) is 51.5 Å². The Bertz CT molecular complexity index is 1180. The number of para-hydroxylation sites is 1. The fourth-order valence-corrected chi connectivity index (χ4v) is 4.55. The minimum atomic E-state index is -0.977. The van der Waals surface area contributed by atoms with Crippen LogP contribution in [0.4, 0.5) is 5.69 Å². The van der Waals surface area contributed by atoms with Crippen molar-refractivity contribution in [3.8, 4) is 0 Å². The number of aromatic nitrogens is 2. The van der Waals surface area contributed by atoms with E-state index in [2.05, 4.69) is 5.32 Å². The van der Waals surface area contributed by atoms with Gasteiger partial charge in [-0.05, 0) is 50.5 Å². The summed E-state index contributed by atoms with van der Waals surface area (Å²) in [5, 5.41) is 13.4. The third-order valence-electron chi connectivity index (χ3n) is 6.11. The quantitative estimate of drug-likeness (QED) is 0.639. The SMILES string of the molecule is Cc1cc(C(C)Nc2ccccc2C(=O)O)c2nc(C3CCCC3)n(C)c(=O)c2c1. The van der Waals surface area contributed by atoms with Gasteiger partial charge in [-0.3, -0.25) is 9.36 Å². The number of benzene rings is 2. The van der Waals surface area contributed by atoms with E-state index in [1.165, 1.54) is 12.8 Å². The van der Waals surface area contributed by atoms with Crippen LogP contribution < -0.4 is 10.9 Å². The van der Waals surface area contributed by atoms with Gasteiger partial charge in [0, 0.05) is 24.2 Å². The van der Waals surface area contributed by atoms with E-state index < -0.39 is 5.97 Å². The van der Waals surface area contributed by atoms with Gasteiger partial charge in [-0.2, -0.15) is 0 Å². The Morgan fingerprint density at radius 2 is 1.93 bits per heavy atom. The van der Waals surface area contributed by atoms with Gasteiger partial charge in [0.15, 0.2) is 0 Å². The minimum absolute atomic E-state index is 0.0232. The standard InChI is InChI=1S/C24H27N3O3/c1-14-12-18(15(2)25-20-11-7-6-10-17(20)24(29)30)21-19(13-14)23(28)27(3)22(26-21)16-8-4-5-9-16/h6-7,10-13,15-16,25H,4-5,8-9H2,1-3H3,(H,29,30). The van der Waals surface area contributed by atoms with Crippen LogP contribution in [0.3, 0.4) is 0 Å². The molecule has 2 N–H and O–H groups in total. The number of rotatable bonds is 5. The van der Waals surface area contributed by atoms with Crippen molar-refractivity contribution in [3.63, 3.8) is 0 Å². The molecule has 156 valence electrons. The summed E-state index contributed by atoms with van der Waals surface area (Å²) in [6.45, 7) is 3.94. The van der Waals surface area contributed by atoms with Crippen LogP contribution in [0.1, 0.15) is 71.9 Å². The third kappa shape index (κ3) is 3.58. The van der Waals surface area contributed by atoms with Gasteiger partial charge in [0.25, 0.3) is 5.56 Å². The van der Waals surface area contributed by atoms with Crippen molar-refractivity contribution in [2.75, 3.05) is 5.32 Å². The lowest BCUT2D eigenvalue weighted by Crippen LogP contribution is -2.25. The van der Waals surface area contributed by atoms with Crippen LogP contribution in [0, 0.1) is 6.92 Å². The summed E-state index contributed by atoms with van der Waals surface area (Å²) in [7, 11) is 1.81. The molecule has 2 aromatic carbocycles. The highest BCUT2D eigenvalue weighted by molar-refractivity contribution is 5.94. The number of carbonyl (C=O) groups is 1. The highest BCUT2D eigenvalue weighted by Crippen LogP contribution is 2.34. The molecule has 1 saturated carbocycles. The highest BCUT2D eigenvalue weighted by Gasteiger charge is 2.24. The van der Waals surface area contributed by atoms with E-state index in [1.54, 1.807) is 22.8 Å². The van der Waals surface area contributed by atoms with Crippen LogP contribution in [0.5, 0.6) is 0 Å². The molecule has 1 heterocycles. The maximum atomic E-state index is 13.2. The number of aromatic carboxylic acids is 1. The largest absolute Gasteiger partial charge is 0.478 e. The van der Waals surface area contributed by atoms with Crippen LogP contribution >= 0.6 is 0 Å². The lowest BCUT2D eigenvalue weighted by atomic mass is 9.99. The fourth-order valence-electron chi connectivity index (χ4n) is 4.55. The first-order valence-electron chi connectivity index (χ1n) is 10.5. The molecule has 3 aromatic rings. The molecule has 1 unspecified atom stereocenters. The number of hydrogen-bond donors (Lipinski definition) is 2. The minimum Gasteiger partial charge on any atom is -0.478 e. The molecule has 0 spiro atoms. The van der Waals surface area contributed by atoms with E-state index in [9.17, 15) is 14.7 Å². The molecule has 1 fully saturated rings. The Kier molecular flexibility index (Phi) is 5.33. The lowest BCUT2D eigenvalue weighted by molar-refractivity contribution is 0.0698. The van der Waals surface area contributed by atoms with Crippen molar-refractivity contribution in [2.24, 2.45) is 7.05 Å². The van der Waals surface area contributed by atoms with E-state index in [4.69, 9.17) is 4.98 Å². The van der Waals surface area contributed by atoms with E-state index in [1.807, 2.05) is 39.1 Å². The van der Waals surface area contributed by atoms with Gasteiger partial charge in [0.05, 0.1) is 22.5 Å². The molecule has 1 atom stereocenters. The number of nitrogens with zero attached hydrogens (tertiary/aromatic N) is 2. The molecule has 6 heteroatoms. The number of fused-ring (bicyclic) bond motifs is 1. The number of carboxylic acids is 1. The normalized spacial score (nSPS) is 15.4. The number of hydrogen-bond acceptors (Lipinski definition) is 4. The van der Waals surface area contributed by atoms with Crippen molar-refractivity contribution in [3.05, 3.63) is 69.3 Å². The zero-order chi connectivity index (χ0) is 21.4. The molecule has 1 aliphatic rings. The Morgan fingerprint density at radius 3 is 2.63 bits per heavy atom. The predicted molar refractivity (Wildman–Crippen MR) is 118 cm³/mol. The summed E-state index contributed by atoms with van der Waals surface area (Å²) in [5.41, 5.74) is 3.33. The molecule has 0 radical (unpaired) electrons. The van der Waals surface area contributed by atoms with Crippen LogP contribution in [0.25, 0.3) is 10.9 Å². The van der Waals surface area contributed by atoms with Crippen LogP contribution in [-0.2, 0) is 7.05 Å². The molecule has 0 amide bonds. The summed E-state index contributed by atoms with van der Waals surface area (Å²) in [6.07, 6.45) is 4.46. The first kappa shape index (κ1) is 20.1. The number of anilines is 1. The van der Waals surface area contributed by atoms with Gasteiger partial charge in [0.1, 0.15) is 5.82 Å². The summed E-state index contributed by atoms with van der Waals surface area (Å²) in [4.78, 5) is 29.7. The smallest absolute Gasteiger partial charge is 0.337 e. The first-order chi connectivity index (χ1) is 14.4. The highest BCUT2D eigenvalue weighted by atomic mass is 16.4. The fraction of sp³-hybridized carbons (Fsp3) is 0.375. The Balaban J connectivity index is 1.84. The van der Waals surface area contributed by atoms with Gasteiger partial charge < -0.3 is 10.4 Å². The Labute approximate surface area is 175 Å². The molecular formula is C24H27N3O3. The monoisotopic (exact) mass is 405 g/mol. The van der Waals surface area contributed by atoms with Gasteiger partial charge in [-0.25, -0.2) is 9.78 Å². The summed E-state index contributed by atoms with van der Waals surface area (Å²) < 4.78 is 1.71. The first-order valence-corrected chi connectivity index (χ1v) is 10.5. The third-order valence-corrected chi connectivity index (χ3v) is 6.11. The predicted octanol–water partition coefficient (Wildman–Crippen LogP) is 4.77. The average molecular weight is 405 g/mol. The maximum absolute atomic E-state index is 13.2. The van der Waals surface area contributed by atoms with E-state index in [0.29, 0.717) is 22.5 Å². The zero-order valence-corrected chi connectivity index (χ0v) is 17.6. The van der Waals surface area contributed by atoms with Crippen molar-refractivity contribution < 1.29 is 9.90 Å². The number of nitrogens with one attached hydrogen (secondary N) is 1. The van der Waals surface area contributed by atoms with Crippen molar-refractivity contribution in [1.82, 2.24) is 9.55 Å². The zero-order valence-electron chi connectivity index (χ0n) is 17.6. The second kappa shape index (κ2) is 7.94. The van der Waals surface area contributed by atoms with Crippen LogP contribution in [0.2, 0.25) is 0 Å². The molecular weight excluding hydrogens is 378 g/mol. The lowest BCUT2D eigenvalue weighted by Gasteiger charge is -2.21.